The van der Waals surface area contributed by atoms with Gasteiger partial charge in [-0.1, -0.05) is 6.92 Å². The van der Waals surface area contributed by atoms with Gasteiger partial charge in [-0.05, 0) is 26.7 Å². The molecule has 0 amide bonds. The minimum absolute atomic E-state index is 0.161. The van der Waals surface area contributed by atoms with E-state index in [1.165, 1.54) is 0 Å². The molecule has 2 N–H and O–H groups in total. The Morgan fingerprint density at radius 3 is 2.38 bits per heavy atom. The van der Waals surface area contributed by atoms with Gasteiger partial charge in [0.05, 0.1) is 12.2 Å². The van der Waals surface area contributed by atoms with Crippen molar-refractivity contribution in [2.24, 2.45) is 5.73 Å². The van der Waals surface area contributed by atoms with E-state index < -0.39 is 0 Å². The topological polar surface area (TPSA) is 44.5 Å². The number of rotatable bonds is 8. The van der Waals surface area contributed by atoms with Gasteiger partial charge in [0.2, 0.25) is 0 Å². The lowest BCUT2D eigenvalue weighted by atomic mass is 10.2. The molecular formula is C10H23NO2. The molecule has 0 rings (SSSR count). The lowest BCUT2D eigenvalue weighted by Crippen LogP contribution is -2.26. The van der Waals surface area contributed by atoms with Crippen LogP contribution in [0.4, 0.5) is 0 Å². The summed E-state index contributed by atoms with van der Waals surface area (Å²) in [5, 5.41) is 0. The van der Waals surface area contributed by atoms with E-state index in [0.29, 0.717) is 12.6 Å². The largest absolute Gasteiger partial charge is 0.378 e. The van der Waals surface area contributed by atoms with Crippen molar-refractivity contribution in [3.63, 3.8) is 0 Å². The molecule has 13 heavy (non-hydrogen) atoms. The molecule has 0 aliphatic heterocycles. The number of hydrogen-bond acceptors (Lipinski definition) is 3. The van der Waals surface area contributed by atoms with Crippen molar-refractivity contribution in [2.75, 3.05) is 19.8 Å². The van der Waals surface area contributed by atoms with E-state index in [1.54, 1.807) is 0 Å². The third kappa shape index (κ3) is 6.99. The highest BCUT2D eigenvalue weighted by Crippen LogP contribution is 2.01. The summed E-state index contributed by atoms with van der Waals surface area (Å²) >= 11 is 0. The molecule has 0 bridgehead atoms. The lowest BCUT2D eigenvalue weighted by molar-refractivity contribution is 0.0104. The van der Waals surface area contributed by atoms with E-state index in [2.05, 4.69) is 13.8 Å². The molecule has 0 heterocycles. The molecule has 0 spiro atoms. The van der Waals surface area contributed by atoms with E-state index >= 15 is 0 Å². The Kier molecular flexibility index (Phi) is 8.40. The smallest absolute Gasteiger partial charge is 0.0719 e. The highest BCUT2D eigenvalue weighted by atomic mass is 16.5. The molecule has 0 fully saturated rings. The summed E-state index contributed by atoms with van der Waals surface area (Å²) in [6.07, 6.45) is 2.46. The lowest BCUT2D eigenvalue weighted by Gasteiger charge is -2.16. The summed E-state index contributed by atoms with van der Waals surface area (Å²) < 4.78 is 10.9. The quantitative estimate of drug-likeness (QED) is 0.630. The van der Waals surface area contributed by atoms with Crippen molar-refractivity contribution in [1.82, 2.24) is 0 Å². The second-order valence-corrected chi connectivity index (χ2v) is 3.19. The maximum absolute atomic E-state index is 5.53. The second kappa shape index (κ2) is 8.48. The fourth-order valence-electron chi connectivity index (χ4n) is 1.02. The van der Waals surface area contributed by atoms with Crippen LogP contribution >= 0.6 is 0 Å². The fraction of sp³-hybridized carbons (Fsp3) is 1.00. The predicted molar refractivity (Wildman–Crippen MR) is 54.8 cm³/mol. The molecule has 0 aromatic rings. The van der Waals surface area contributed by atoms with Crippen LogP contribution in [0.1, 0.15) is 33.6 Å². The van der Waals surface area contributed by atoms with Crippen LogP contribution < -0.4 is 5.73 Å². The Morgan fingerprint density at radius 2 is 1.92 bits per heavy atom. The molecule has 3 heteroatoms. The molecule has 3 nitrogen and oxygen atoms in total. The molecular weight excluding hydrogens is 166 g/mol. The number of ether oxygens (including phenoxy) is 2. The van der Waals surface area contributed by atoms with Crippen LogP contribution in [0.5, 0.6) is 0 Å². The van der Waals surface area contributed by atoms with Crippen LogP contribution in [0.15, 0.2) is 0 Å². The van der Waals surface area contributed by atoms with E-state index in [1.807, 2.05) is 6.92 Å². The van der Waals surface area contributed by atoms with E-state index in [4.69, 9.17) is 15.2 Å². The van der Waals surface area contributed by atoms with E-state index in [-0.39, 0.29) is 6.10 Å². The third-order valence-electron chi connectivity index (χ3n) is 2.08. The summed E-state index contributed by atoms with van der Waals surface area (Å²) in [4.78, 5) is 0. The van der Waals surface area contributed by atoms with Gasteiger partial charge in [0.1, 0.15) is 0 Å². The second-order valence-electron chi connectivity index (χ2n) is 3.19. The average molecular weight is 189 g/mol. The van der Waals surface area contributed by atoms with Crippen LogP contribution in [0.3, 0.4) is 0 Å². The molecule has 0 saturated carbocycles. The molecule has 0 aliphatic carbocycles. The van der Waals surface area contributed by atoms with Crippen LogP contribution in [0.2, 0.25) is 0 Å². The van der Waals surface area contributed by atoms with Crippen LogP contribution in [0.25, 0.3) is 0 Å². The average Bonchev–Trinajstić information content (AvgIpc) is 2.16. The van der Waals surface area contributed by atoms with Gasteiger partial charge in [-0.25, -0.2) is 0 Å². The molecule has 0 aromatic carbocycles. The number of hydrogen-bond donors (Lipinski definition) is 1. The molecule has 2 atom stereocenters. The van der Waals surface area contributed by atoms with Crippen molar-refractivity contribution in [3.8, 4) is 0 Å². The fourth-order valence-corrected chi connectivity index (χ4v) is 1.02. The molecule has 80 valence electrons. The zero-order valence-electron chi connectivity index (χ0n) is 9.08. The number of nitrogens with two attached hydrogens (primary N) is 1. The normalized spacial score (nSPS) is 15.7. The predicted octanol–water partition coefficient (Wildman–Crippen LogP) is 1.56. The molecule has 2 unspecified atom stereocenters. The highest BCUT2D eigenvalue weighted by molar-refractivity contribution is 4.58. The first-order valence-corrected chi connectivity index (χ1v) is 5.17. The monoisotopic (exact) mass is 189 g/mol. The summed E-state index contributed by atoms with van der Waals surface area (Å²) in [7, 11) is 0. The van der Waals surface area contributed by atoms with Gasteiger partial charge in [0, 0.05) is 19.8 Å². The summed E-state index contributed by atoms with van der Waals surface area (Å²) in [6, 6.07) is 0. The van der Waals surface area contributed by atoms with Crippen LogP contribution in [-0.2, 0) is 9.47 Å². The van der Waals surface area contributed by atoms with E-state index in [0.717, 1.165) is 26.1 Å². The van der Waals surface area contributed by atoms with Crippen LogP contribution in [0, 0.1) is 0 Å². The SMILES string of the molecule is CCOC(CN)CCOC(C)CC. The Hall–Kier alpha value is -0.120. The zero-order chi connectivity index (χ0) is 10.1. The van der Waals surface area contributed by atoms with E-state index in [9.17, 15) is 0 Å². The maximum atomic E-state index is 5.53. The van der Waals surface area contributed by atoms with Crippen molar-refractivity contribution >= 4 is 0 Å². The van der Waals surface area contributed by atoms with Gasteiger partial charge in [-0.2, -0.15) is 0 Å². The van der Waals surface area contributed by atoms with Gasteiger partial charge in [0.15, 0.2) is 0 Å². The third-order valence-corrected chi connectivity index (χ3v) is 2.08. The Labute approximate surface area is 81.6 Å². The van der Waals surface area contributed by atoms with Gasteiger partial charge in [-0.3, -0.25) is 0 Å². The standard InChI is InChI=1S/C10H23NO2/c1-4-9(3)13-7-6-10(8-11)12-5-2/h9-10H,4-8,11H2,1-3H3. The molecule has 0 aliphatic rings. The van der Waals surface area contributed by atoms with Gasteiger partial charge >= 0.3 is 0 Å². The van der Waals surface area contributed by atoms with Crippen molar-refractivity contribution < 1.29 is 9.47 Å². The minimum atomic E-state index is 0.161. The van der Waals surface area contributed by atoms with Crippen molar-refractivity contribution in [1.29, 1.82) is 0 Å². The molecule has 0 radical (unpaired) electrons. The minimum Gasteiger partial charge on any atom is -0.378 e. The summed E-state index contributed by atoms with van der Waals surface area (Å²) in [5.41, 5.74) is 5.53. The van der Waals surface area contributed by atoms with Gasteiger partial charge < -0.3 is 15.2 Å². The Bertz CT molecular complexity index is 109. The Morgan fingerprint density at radius 1 is 1.23 bits per heavy atom. The highest BCUT2D eigenvalue weighted by Gasteiger charge is 2.06. The molecule has 0 saturated heterocycles. The zero-order valence-corrected chi connectivity index (χ0v) is 9.08. The molecule has 0 aromatic heterocycles. The van der Waals surface area contributed by atoms with Gasteiger partial charge in [0.25, 0.3) is 0 Å². The van der Waals surface area contributed by atoms with Crippen molar-refractivity contribution in [3.05, 3.63) is 0 Å². The first-order chi connectivity index (χ1) is 6.24. The van der Waals surface area contributed by atoms with Gasteiger partial charge in [-0.15, -0.1) is 0 Å². The first-order valence-electron chi connectivity index (χ1n) is 5.17. The van der Waals surface area contributed by atoms with Crippen LogP contribution in [-0.4, -0.2) is 32.0 Å². The summed E-state index contributed by atoms with van der Waals surface area (Å²) in [5.74, 6) is 0. The summed E-state index contributed by atoms with van der Waals surface area (Å²) in [6.45, 7) is 8.24. The maximum Gasteiger partial charge on any atom is 0.0719 e. The first kappa shape index (κ1) is 12.9. The Balaban J connectivity index is 3.37. The van der Waals surface area contributed by atoms with Crippen molar-refractivity contribution in [2.45, 2.75) is 45.8 Å².